The Morgan fingerprint density at radius 1 is 0.974 bits per heavy atom. The zero-order valence-electron chi connectivity index (χ0n) is 21.1. The number of halogens is 1. The Balaban J connectivity index is 1.55. The Morgan fingerprint density at radius 3 is 2.26 bits per heavy atom. The van der Waals surface area contributed by atoms with Crippen LogP contribution >= 0.6 is 11.6 Å². The molecule has 0 aliphatic rings. The Bertz CT molecular complexity index is 1590. The van der Waals surface area contributed by atoms with E-state index in [-0.39, 0.29) is 35.4 Å². The Morgan fingerprint density at radius 2 is 1.62 bits per heavy atom. The summed E-state index contributed by atoms with van der Waals surface area (Å²) in [7, 11) is -3.87. The van der Waals surface area contributed by atoms with Gasteiger partial charge in [-0.2, -0.15) is 9.57 Å². The molecule has 0 unspecified atom stereocenters. The maximum atomic E-state index is 13.5. The molecule has 0 fully saturated rings. The Labute approximate surface area is 233 Å². The summed E-state index contributed by atoms with van der Waals surface area (Å²) in [6.07, 6.45) is 1.34. The van der Waals surface area contributed by atoms with Crippen molar-refractivity contribution in [2.45, 2.75) is 31.0 Å². The second kappa shape index (κ2) is 12.6. The number of sulfonamides is 1. The van der Waals surface area contributed by atoms with Crippen LogP contribution in [0.15, 0.2) is 112 Å². The van der Waals surface area contributed by atoms with E-state index in [4.69, 9.17) is 16.0 Å². The SMILES string of the molecule is C[C@@H](NC(=O)/C(C#N)=C\c1ccc(CN(Cc2ccc(Cl)cc2)S(=O)(=O)c2ccccc2)o1)c1ccccc1. The number of benzene rings is 3. The van der Waals surface area contributed by atoms with Gasteiger partial charge in [0.2, 0.25) is 10.0 Å². The third-order valence-corrected chi connectivity index (χ3v) is 8.02. The van der Waals surface area contributed by atoms with Crippen molar-refractivity contribution in [1.29, 1.82) is 5.26 Å². The molecule has 198 valence electrons. The summed E-state index contributed by atoms with van der Waals surface area (Å²) >= 11 is 6.00. The van der Waals surface area contributed by atoms with Crippen molar-refractivity contribution >= 4 is 33.6 Å². The highest BCUT2D eigenvalue weighted by molar-refractivity contribution is 7.89. The highest BCUT2D eigenvalue weighted by Crippen LogP contribution is 2.23. The number of nitriles is 1. The van der Waals surface area contributed by atoms with Crippen molar-refractivity contribution in [2.75, 3.05) is 0 Å². The quantitative estimate of drug-likeness (QED) is 0.186. The van der Waals surface area contributed by atoms with E-state index in [1.165, 1.54) is 22.5 Å². The van der Waals surface area contributed by atoms with Gasteiger partial charge in [-0.1, -0.05) is 72.3 Å². The second-order valence-electron chi connectivity index (χ2n) is 8.79. The first-order chi connectivity index (χ1) is 18.8. The first kappa shape index (κ1) is 27.9. The normalized spacial score (nSPS) is 12.6. The van der Waals surface area contributed by atoms with Crippen LogP contribution in [-0.4, -0.2) is 18.6 Å². The molecule has 0 aliphatic heterocycles. The zero-order valence-corrected chi connectivity index (χ0v) is 22.7. The van der Waals surface area contributed by atoms with Crippen LogP contribution < -0.4 is 5.32 Å². The number of furan rings is 1. The van der Waals surface area contributed by atoms with E-state index in [1.54, 1.807) is 54.6 Å². The van der Waals surface area contributed by atoms with E-state index in [1.807, 2.05) is 43.3 Å². The van der Waals surface area contributed by atoms with Gasteiger partial charge in [0.15, 0.2) is 0 Å². The maximum Gasteiger partial charge on any atom is 0.262 e. The van der Waals surface area contributed by atoms with Crippen LogP contribution in [0.25, 0.3) is 6.08 Å². The highest BCUT2D eigenvalue weighted by atomic mass is 35.5. The summed E-state index contributed by atoms with van der Waals surface area (Å²) in [6, 6.07) is 29.3. The summed E-state index contributed by atoms with van der Waals surface area (Å²) < 4.78 is 34.1. The zero-order chi connectivity index (χ0) is 27.8. The standard InChI is InChI=1S/C30H26ClN3O4S/c1-22(24-8-4-2-5-9-24)33-30(35)25(19-32)18-27-16-17-28(38-27)21-34(20-23-12-14-26(31)15-13-23)39(36,37)29-10-6-3-7-11-29/h2-18,22H,20-21H2,1H3,(H,33,35)/b25-18-/t22-/m1/s1. The Hall–Kier alpha value is -4.16. The molecule has 9 heteroatoms. The fraction of sp³-hybridized carbons (Fsp3) is 0.133. The van der Waals surface area contributed by atoms with Crippen LogP contribution in [0.3, 0.4) is 0 Å². The van der Waals surface area contributed by atoms with E-state index in [0.29, 0.717) is 10.8 Å². The summed E-state index contributed by atoms with van der Waals surface area (Å²) in [5.41, 5.74) is 1.53. The number of carbonyl (C=O) groups is 1. The molecule has 0 radical (unpaired) electrons. The number of amides is 1. The van der Waals surface area contributed by atoms with E-state index >= 15 is 0 Å². The van der Waals surface area contributed by atoms with Crippen LogP contribution in [0.5, 0.6) is 0 Å². The lowest BCUT2D eigenvalue weighted by Gasteiger charge is -2.21. The molecule has 0 saturated heterocycles. The van der Waals surface area contributed by atoms with E-state index in [0.717, 1.165) is 11.1 Å². The predicted octanol–water partition coefficient (Wildman–Crippen LogP) is 6.11. The molecule has 1 atom stereocenters. The number of nitrogens with one attached hydrogen (secondary N) is 1. The number of hydrogen-bond donors (Lipinski definition) is 1. The smallest absolute Gasteiger partial charge is 0.262 e. The van der Waals surface area contributed by atoms with Gasteiger partial charge in [0.25, 0.3) is 5.91 Å². The van der Waals surface area contributed by atoms with Crippen LogP contribution in [0.4, 0.5) is 0 Å². The van der Waals surface area contributed by atoms with Gasteiger partial charge in [-0.05, 0) is 54.4 Å². The van der Waals surface area contributed by atoms with Gasteiger partial charge < -0.3 is 9.73 Å². The fourth-order valence-electron chi connectivity index (χ4n) is 3.88. The number of carbonyl (C=O) groups excluding carboxylic acids is 1. The molecule has 4 aromatic rings. The van der Waals surface area contributed by atoms with Gasteiger partial charge in [0, 0.05) is 17.6 Å². The van der Waals surface area contributed by atoms with Gasteiger partial charge in [-0.15, -0.1) is 0 Å². The molecule has 39 heavy (non-hydrogen) atoms. The van der Waals surface area contributed by atoms with Gasteiger partial charge >= 0.3 is 0 Å². The van der Waals surface area contributed by atoms with E-state index < -0.39 is 15.9 Å². The molecule has 0 saturated carbocycles. The molecule has 0 spiro atoms. The fourth-order valence-corrected chi connectivity index (χ4v) is 5.42. The lowest BCUT2D eigenvalue weighted by molar-refractivity contribution is -0.117. The molecule has 1 amide bonds. The second-order valence-corrected chi connectivity index (χ2v) is 11.2. The van der Waals surface area contributed by atoms with Gasteiger partial charge in [-0.25, -0.2) is 8.42 Å². The lowest BCUT2D eigenvalue weighted by Crippen LogP contribution is -2.30. The van der Waals surface area contributed by atoms with Crippen LogP contribution in [-0.2, 0) is 27.9 Å². The number of nitrogens with zero attached hydrogens (tertiary/aromatic N) is 2. The largest absolute Gasteiger partial charge is 0.460 e. The summed E-state index contributed by atoms with van der Waals surface area (Å²) in [6.45, 7) is 1.85. The van der Waals surface area contributed by atoms with E-state index in [2.05, 4.69) is 5.32 Å². The van der Waals surface area contributed by atoms with Crippen LogP contribution in [0, 0.1) is 11.3 Å². The van der Waals surface area contributed by atoms with Crippen LogP contribution in [0.2, 0.25) is 5.02 Å². The molecular weight excluding hydrogens is 534 g/mol. The topological polar surface area (TPSA) is 103 Å². The van der Waals surface area contributed by atoms with E-state index in [9.17, 15) is 18.5 Å². The summed E-state index contributed by atoms with van der Waals surface area (Å²) in [5, 5.41) is 12.9. The minimum absolute atomic E-state index is 0.0627. The monoisotopic (exact) mass is 559 g/mol. The first-order valence-corrected chi connectivity index (χ1v) is 13.9. The van der Waals surface area contributed by atoms with Gasteiger partial charge in [0.1, 0.15) is 23.2 Å². The molecule has 0 bridgehead atoms. The molecule has 7 nitrogen and oxygen atoms in total. The number of rotatable bonds is 10. The van der Waals surface area contributed by atoms with Crippen molar-refractivity contribution in [3.8, 4) is 6.07 Å². The van der Waals surface area contributed by atoms with Crippen molar-refractivity contribution in [2.24, 2.45) is 0 Å². The number of hydrogen-bond acceptors (Lipinski definition) is 5. The molecule has 1 heterocycles. The molecule has 1 aromatic heterocycles. The highest BCUT2D eigenvalue weighted by Gasteiger charge is 2.26. The van der Waals surface area contributed by atoms with Crippen LogP contribution in [0.1, 0.15) is 35.6 Å². The Kier molecular flexibility index (Phi) is 8.99. The van der Waals surface area contributed by atoms with Crippen molar-refractivity contribution < 1.29 is 17.6 Å². The minimum Gasteiger partial charge on any atom is -0.460 e. The molecule has 1 N–H and O–H groups in total. The van der Waals surface area contributed by atoms with Crippen molar-refractivity contribution in [3.63, 3.8) is 0 Å². The van der Waals surface area contributed by atoms with Gasteiger partial charge in [0.05, 0.1) is 17.5 Å². The maximum absolute atomic E-state index is 13.5. The molecule has 4 rings (SSSR count). The first-order valence-electron chi connectivity index (χ1n) is 12.1. The molecular formula is C30H26ClN3O4S. The minimum atomic E-state index is -3.87. The molecule has 3 aromatic carbocycles. The average Bonchev–Trinajstić information content (AvgIpc) is 3.40. The predicted molar refractivity (Wildman–Crippen MR) is 150 cm³/mol. The third kappa shape index (κ3) is 7.24. The molecule has 0 aliphatic carbocycles. The van der Waals surface area contributed by atoms with Gasteiger partial charge in [-0.3, -0.25) is 4.79 Å². The third-order valence-electron chi connectivity index (χ3n) is 5.97. The lowest BCUT2D eigenvalue weighted by atomic mass is 10.1. The summed E-state index contributed by atoms with van der Waals surface area (Å²) in [5.74, 6) is 0.0699. The van der Waals surface area contributed by atoms with Crippen molar-refractivity contribution in [3.05, 3.63) is 130 Å². The average molecular weight is 560 g/mol. The van der Waals surface area contributed by atoms with Crippen molar-refractivity contribution in [1.82, 2.24) is 9.62 Å². The summed E-state index contributed by atoms with van der Waals surface area (Å²) in [4.78, 5) is 12.9.